The van der Waals surface area contributed by atoms with Crippen molar-refractivity contribution in [2.45, 2.75) is 26.3 Å². The summed E-state index contributed by atoms with van der Waals surface area (Å²) in [6.45, 7) is 5.08. The van der Waals surface area contributed by atoms with Crippen LogP contribution in [0.5, 0.6) is 0 Å². The zero-order valence-corrected chi connectivity index (χ0v) is 21.7. The molecule has 0 aliphatic carbocycles. The van der Waals surface area contributed by atoms with E-state index in [0.29, 0.717) is 11.5 Å². The van der Waals surface area contributed by atoms with Crippen LogP contribution in [0.3, 0.4) is 0 Å². The number of halogens is 1. The fraction of sp³-hybridized carbons (Fsp3) is 0.233. The van der Waals surface area contributed by atoms with E-state index in [1.165, 1.54) is 48.8 Å². The van der Waals surface area contributed by atoms with Gasteiger partial charge in [-0.15, -0.1) is 0 Å². The average molecular weight is 524 g/mol. The molecular formula is C30H30FN7O. The Morgan fingerprint density at radius 3 is 2.33 bits per heavy atom. The highest BCUT2D eigenvalue weighted by molar-refractivity contribution is 5.62. The molecule has 3 aromatic heterocycles. The molecule has 0 amide bonds. The van der Waals surface area contributed by atoms with Crippen molar-refractivity contribution in [2.75, 3.05) is 13.1 Å². The monoisotopic (exact) mass is 523 g/mol. The van der Waals surface area contributed by atoms with Gasteiger partial charge < -0.3 is 5.32 Å². The number of hydrogen-bond donors (Lipinski definition) is 2. The summed E-state index contributed by atoms with van der Waals surface area (Å²) in [6, 6.07) is 16.8. The second-order valence-electron chi connectivity index (χ2n) is 9.64. The number of hydrogen-bond acceptors (Lipinski definition) is 6. The van der Waals surface area contributed by atoms with Crippen LogP contribution in [0, 0.1) is 11.7 Å². The lowest BCUT2D eigenvalue weighted by Gasteiger charge is -2.17. The molecular weight excluding hydrogens is 493 g/mol. The topological polar surface area (TPSA) is 101 Å². The minimum absolute atomic E-state index is 0.220. The van der Waals surface area contributed by atoms with Gasteiger partial charge in [0.1, 0.15) is 5.82 Å². The summed E-state index contributed by atoms with van der Waals surface area (Å²) in [5.41, 5.74) is 4.62. The summed E-state index contributed by atoms with van der Waals surface area (Å²) < 4.78 is 14.6. The molecule has 0 spiro atoms. The number of nitrogens with one attached hydrogen (secondary N) is 2. The molecule has 8 nitrogen and oxygen atoms in total. The Kier molecular flexibility index (Phi) is 8.28. The van der Waals surface area contributed by atoms with Gasteiger partial charge in [0.2, 0.25) is 0 Å². The SMILES string of the molecule is CC1CCNCC1.O=c1ccc(-c2ccc(F)cc2)nn1Cc1cccc(-c2ncc(-c3cn[nH]c3)cn2)c1. The second-order valence-corrected chi connectivity index (χ2v) is 9.64. The van der Waals surface area contributed by atoms with Crippen LogP contribution in [-0.2, 0) is 6.54 Å². The molecule has 39 heavy (non-hydrogen) atoms. The molecule has 0 unspecified atom stereocenters. The van der Waals surface area contributed by atoms with Crippen LogP contribution in [-0.4, -0.2) is 43.0 Å². The van der Waals surface area contributed by atoms with E-state index in [-0.39, 0.29) is 17.9 Å². The van der Waals surface area contributed by atoms with Crippen LogP contribution < -0.4 is 10.9 Å². The summed E-state index contributed by atoms with van der Waals surface area (Å²) in [5, 5.41) is 14.5. The quantitative estimate of drug-likeness (QED) is 0.338. The maximum Gasteiger partial charge on any atom is 0.267 e. The van der Waals surface area contributed by atoms with Gasteiger partial charge in [-0.3, -0.25) is 9.89 Å². The maximum atomic E-state index is 13.2. The summed E-state index contributed by atoms with van der Waals surface area (Å²) in [7, 11) is 0. The molecule has 5 aromatic rings. The van der Waals surface area contributed by atoms with E-state index in [0.717, 1.165) is 33.7 Å². The summed E-state index contributed by atoms with van der Waals surface area (Å²) >= 11 is 0. The first-order chi connectivity index (χ1) is 19.0. The van der Waals surface area contributed by atoms with Crippen LogP contribution in [0.4, 0.5) is 4.39 Å². The smallest absolute Gasteiger partial charge is 0.267 e. The highest BCUT2D eigenvalue weighted by Crippen LogP contribution is 2.21. The Labute approximate surface area is 226 Å². The highest BCUT2D eigenvalue weighted by Gasteiger charge is 2.08. The van der Waals surface area contributed by atoms with Gasteiger partial charge in [0, 0.05) is 46.9 Å². The molecule has 4 heterocycles. The predicted octanol–water partition coefficient (Wildman–Crippen LogP) is 4.95. The molecule has 1 fully saturated rings. The van der Waals surface area contributed by atoms with Gasteiger partial charge in [-0.25, -0.2) is 19.0 Å². The van der Waals surface area contributed by atoms with E-state index in [9.17, 15) is 9.18 Å². The number of nitrogens with zero attached hydrogens (tertiary/aromatic N) is 5. The summed E-state index contributed by atoms with van der Waals surface area (Å²) in [5.74, 6) is 1.24. The van der Waals surface area contributed by atoms with E-state index in [1.54, 1.807) is 43.0 Å². The normalized spacial score (nSPS) is 13.5. The van der Waals surface area contributed by atoms with E-state index in [4.69, 9.17) is 0 Å². The standard InChI is InChI=1S/C24H17FN6O.C6H13N/c25-21-6-4-17(5-7-21)22-8-9-23(32)31(30-22)15-16-2-1-3-18(10-16)24-26-11-19(12-27-24)20-13-28-29-14-20;1-6-2-4-7-5-3-6/h1-14H,15H2,(H,28,29);6-7H,2-5H2,1H3. The van der Waals surface area contributed by atoms with Gasteiger partial charge in [0.15, 0.2) is 5.82 Å². The number of piperidine rings is 1. The second kappa shape index (κ2) is 12.4. The largest absolute Gasteiger partial charge is 0.317 e. The first-order valence-electron chi connectivity index (χ1n) is 13.0. The van der Waals surface area contributed by atoms with E-state index < -0.39 is 0 Å². The first kappa shape index (κ1) is 26.1. The predicted molar refractivity (Wildman–Crippen MR) is 149 cm³/mol. The van der Waals surface area contributed by atoms with Crippen molar-refractivity contribution in [3.8, 4) is 33.8 Å². The molecule has 1 aliphatic rings. The van der Waals surface area contributed by atoms with Crippen LogP contribution in [0.2, 0.25) is 0 Å². The molecule has 1 aliphatic heterocycles. The lowest BCUT2D eigenvalue weighted by atomic mass is 10.0. The molecule has 1 saturated heterocycles. The third-order valence-electron chi connectivity index (χ3n) is 6.64. The third-order valence-corrected chi connectivity index (χ3v) is 6.64. The number of aromatic amines is 1. The molecule has 2 aromatic carbocycles. The maximum absolute atomic E-state index is 13.2. The van der Waals surface area contributed by atoms with Crippen LogP contribution >= 0.6 is 0 Å². The summed E-state index contributed by atoms with van der Waals surface area (Å²) in [6.07, 6.45) is 9.74. The van der Waals surface area contributed by atoms with Gasteiger partial charge in [-0.1, -0.05) is 25.1 Å². The fourth-order valence-corrected chi connectivity index (χ4v) is 4.32. The lowest BCUT2D eigenvalue weighted by molar-refractivity contribution is 0.402. The van der Waals surface area contributed by atoms with E-state index in [2.05, 4.69) is 37.5 Å². The van der Waals surface area contributed by atoms with Crippen molar-refractivity contribution in [1.82, 2.24) is 35.3 Å². The Balaban J connectivity index is 0.000000384. The fourth-order valence-electron chi connectivity index (χ4n) is 4.32. The molecule has 0 atom stereocenters. The van der Waals surface area contributed by atoms with Crippen molar-refractivity contribution < 1.29 is 4.39 Å². The lowest BCUT2D eigenvalue weighted by Crippen LogP contribution is -2.26. The molecule has 6 rings (SSSR count). The minimum atomic E-state index is -0.320. The van der Waals surface area contributed by atoms with Gasteiger partial charge in [0.05, 0.1) is 18.4 Å². The zero-order valence-electron chi connectivity index (χ0n) is 21.7. The van der Waals surface area contributed by atoms with Crippen LogP contribution in [0.15, 0.2) is 90.2 Å². The molecule has 0 radical (unpaired) electrons. The number of aromatic nitrogens is 6. The third kappa shape index (κ3) is 6.88. The van der Waals surface area contributed by atoms with E-state index in [1.807, 2.05) is 24.3 Å². The average Bonchev–Trinajstić information content (AvgIpc) is 3.51. The molecule has 198 valence electrons. The minimum Gasteiger partial charge on any atom is -0.317 e. The van der Waals surface area contributed by atoms with Crippen molar-refractivity contribution >= 4 is 0 Å². The Morgan fingerprint density at radius 2 is 1.67 bits per heavy atom. The zero-order chi connectivity index (χ0) is 27.0. The summed E-state index contributed by atoms with van der Waals surface area (Å²) in [4.78, 5) is 21.3. The number of benzene rings is 2. The number of rotatable bonds is 5. The van der Waals surface area contributed by atoms with Crippen LogP contribution in [0.25, 0.3) is 33.8 Å². The Hall–Kier alpha value is -4.50. The van der Waals surface area contributed by atoms with Crippen molar-refractivity contribution in [3.63, 3.8) is 0 Å². The first-order valence-corrected chi connectivity index (χ1v) is 13.0. The Morgan fingerprint density at radius 1 is 0.897 bits per heavy atom. The van der Waals surface area contributed by atoms with Crippen LogP contribution in [0.1, 0.15) is 25.3 Å². The van der Waals surface area contributed by atoms with Gasteiger partial charge >= 0.3 is 0 Å². The molecule has 0 saturated carbocycles. The Bertz CT molecular complexity index is 1540. The molecule has 0 bridgehead atoms. The molecule has 9 heteroatoms. The van der Waals surface area contributed by atoms with Gasteiger partial charge in [-0.05, 0) is 73.8 Å². The molecule has 2 N–H and O–H groups in total. The van der Waals surface area contributed by atoms with Gasteiger partial charge in [0.25, 0.3) is 5.56 Å². The van der Waals surface area contributed by atoms with Crippen molar-refractivity contribution in [2.24, 2.45) is 5.92 Å². The van der Waals surface area contributed by atoms with Crippen molar-refractivity contribution in [1.29, 1.82) is 0 Å². The van der Waals surface area contributed by atoms with E-state index >= 15 is 0 Å². The number of H-pyrrole nitrogens is 1. The van der Waals surface area contributed by atoms with Crippen molar-refractivity contribution in [3.05, 3.63) is 107 Å². The highest BCUT2D eigenvalue weighted by atomic mass is 19.1. The van der Waals surface area contributed by atoms with Gasteiger partial charge in [-0.2, -0.15) is 10.2 Å².